The summed E-state index contributed by atoms with van der Waals surface area (Å²) in [4.78, 5) is 0. The molecule has 0 amide bonds. The van der Waals surface area contributed by atoms with E-state index in [9.17, 15) is 5.26 Å². The van der Waals surface area contributed by atoms with Crippen LogP contribution >= 0.6 is 0 Å². The Kier molecular flexibility index (Phi) is 2.69. The first-order valence-electron chi connectivity index (χ1n) is 7.99. The molecule has 0 aromatic heterocycles. The van der Waals surface area contributed by atoms with Crippen LogP contribution in [0.1, 0.15) is 51.4 Å². The van der Waals surface area contributed by atoms with Crippen molar-refractivity contribution < 1.29 is 4.74 Å². The van der Waals surface area contributed by atoms with Crippen LogP contribution in [0.3, 0.4) is 0 Å². The Labute approximate surface area is 115 Å². The van der Waals surface area contributed by atoms with Crippen molar-refractivity contribution >= 4 is 0 Å². The quantitative estimate of drug-likeness (QED) is 0.830. The number of nitrogens with zero attached hydrogens (tertiary/aromatic N) is 1. The third-order valence-electron chi connectivity index (χ3n) is 6.10. The number of nitriles is 1. The van der Waals surface area contributed by atoms with E-state index in [-0.39, 0.29) is 5.54 Å². The molecule has 0 aromatic carbocycles. The number of hydrogen-bond donors (Lipinski definition) is 1. The molecular weight excluding hydrogens is 236 g/mol. The molecule has 1 heterocycles. The summed E-state index contributed by atoms with van der Waals surface area (Å²) in [6, 6.07) is 2.60. The van der Waals surface area contributed by atoms with Gasteiger partial charge in [-0.05, 0) is 56.3 Å². The fourth-order valence-corrected chi connectivity index (χ4v) is 5.76. The highest BCUT2D eigenvalue weighted by molar-refractivity contribution is 5.16. The molecule has 4 bridgehead atoms. The zero-order valence-electron chi connectivity index (χ0n) is 11.7. The van der Waals surface area contributed by atoms with E-state index >= 15 is 0 Å². The summed E-state index contributed by atoms with van der Waals surface area (Å²) in [5.74, 6) is 2.82. The number of ether oxygens (including phenoxy) is 1. The fourth-order valence-electron chi connectivity index (χ4n) is 5.76. The van der Waals surface area contributed by atoms with E-state index in [1.54, 1.807) is 0 Å². The van der Waals surface area contributed by atoms with E-state index in [0.717, 1.165) is 43.8 Å². The van der Waals surface area contributed by atoms with Gasteiger partial charge in [0.1, 0.15) is 5.54 Å². The second-order valence-electron chi connectivity index (χ2n) is 7.63. The molecule has 0 unspecified atom stereocenters. The Morgan fingerprint density at radius 2 is 1.47 bits per heavy atom. The SMILES string of the molecule is N#CC1(NC23CC4CC(CC(C4)C2)C3)CCOCC1. The van der Waals surface area contributed by atoms with Crippen LogP contribution in [0, 0.1) is 29.1 Å². The van der Waals surface area contributed by atoms with Crippen molar-refractivity contribution in [2.75, 3.05) is 13.2 Å². The van der Waals surface area contributed by atoms with Crippen molar-refractivity contribution in [1.29, 1.82) is 5.26 Å². The van der Waals surface area contributed by atoms with Gasteiger partial charge in [0, 0.05) is 31.6 Å². The molecule has 19 heavy (non-hydrogen) atoms. The minimum absolute atomic E-state index is 0.293. The van der Waals surface area contributed by atoms with Crippen molar-refractivity contribution in [3.05, 3.63) is 0 Å². The van der Waals surface area contributed by atoms with Gasteiger partial charge in [0.25, 0.3) is 0 Å². The molecule has 5 aliphatic rings. The second-order valence-corrected chi connectivity index (χ2v) is 7.63. The lowest BCUT2D eigenvalue weighted by Crippen LogP contribution is -2.65. The van der Waals surface area contributed by atoms with Crippen molar-refractivity contribution in [2.45, 2.75) is 62.4 Å². The standard InChI is InChI=1S/C16H24N2O/c17-11-15(1-3-19-4-2-15)18-16-8-12-5-13(9-16)7-14(6-12)10-16/h12-14,18H,1-10H2. The summed E-state index contributed by atoms with van der Waals surface area (Å²) in [5, 5.41) is 13.6. The van der Waals surface area contributed by atoms with Crippen LogP contribution in [0.5, 0.6) is 0 Å². The molecule has 1 saturated heterocycles. The summed E-state index contributed by atoms with van der Waals surface area (Å²) in [6.07, 6.45) is 10.1. The van der Waals surface area contributed by atoms with Crippen molar-refractivity contribution in [1.82, 2.24) is 5.32 Å². The summed E-state index contributed by atoms with van der Waals surface area (Å²) < 4.78 is 5.46. The topological polar surface area (TPSA) is 45.0 Å². The Bertz CT molecular complexity index is 370. The molecule has 0 radical (unpaired) electrons. The van der Waals surface area contributed by atoms with Gasteiger partial charge < -0.3 is 4.74 Å². The van der Waals surface area contributed by atoms with Gasteiger partial charge in [-0.1, -0.05) is 0 Å². The largest absolute Gasteiger partial charge is 0.381 e. The molecule has 5 rings (SSSR count). The van der Waals surface area contributed by atoms with Gasteiger partial charge >= 0.3 is 0 Å². The van der Waals surface area contributed by atoms with Crippen LogP contribution in [0.25, 0.3) is 0 Å². The summed E-state index contributed by atoms with van der Waals surface area (Å²) in [6.45, 7) is 1.49. The molecule has 104 valence electrons. The number of rotatable bonds is 2. The van der Waals surface area contributed by atoms with Crippen LogP contribution in [-0.2, 0) is 4.74 Å². The summed E-state index contributed by atoms with van der Waals surface area (Å²) in [5.41, 5.74) is -0.00819. The second kappa shape index (κ2) is 4.20. The highest BCUT2D eigenvalue weighted by atomic mass is 16.5. The summed E-state index contributed by atoms with van der Waals surface area (Å²) in [7, 11) is 0. The molecule has 3 nitrogen and oxygen atoms in total. The zero-order valence-corrected chi connectivity index (χ0v) is 11.7. The molecular formula is C16H24N2O. The van der Waals surface area contributed by atoms with E-state index in [0.29, 0.717) is 5.54 Å². The minimum atomic E-state index is -0.302. The molecule has 3 heteroatoms. The lowest BCUT2D eigenvalue weighted by atomic mass is 9.52. The van der Waals surface area contributed by atoms with Gasteiger partial charge in [0.15, 0.2) is 0 Å². The third-order valence-corrected chi connectivity index (χ3v) is 6.10. The summed E-state index contributed by atoms with van der Waals surface area (Å²) >= 11 is 0. The molecule has 5 fully saturated rings. The van der Waals surface area contributed by atoms with Gasteiger partial charge in [0.05, 0.1) is 6.07 Å². The zero-order chi connectivity index (χ0) is 12.9. The maximum Gasteiger partial charge on any atom is 0.111 e. The fraction of sp³-hybridized carbons (Fsp3) is 0.938. The molecule has 0 aromatic rings. The lowest BCUT2D eigenvalue weighted by molar-refractivity contribution is -0.0441. The number of nitrogens with one attached hydrogen (secondary N) is 1. The third kappa shape index (κ3) is 2.00. The van der Waals surface area contributed by atoms with E-state index in [4.69, 9.17) is 4.74 Å². The van der Waals surface area contributed by atoms with Gasteiger partial charge in [0.2, 0.25) is 0 Å². The molecule has 4 saturated carbocycles. The highest BCUT2D eigenvalue weighted by Crippen LogP contribution is 2.56. The minimum Gasteiger partial charge on any atom is -0.381 e. The van der Waals surface area contributed by atoms with E-state index < -0.39 is 0 Å². The molecule has 0 atom stereocenters. The Morgan fingerprint density at radius 1 is 0.947 bits per heavy atom. The molecule has 0 spiro atoms. The highest BCUT2D eigenvalue weighted by Gasteiger charge is 2.53. The van der Waals surface area contributed by atoms with Gasteiger partial charge in [-0.15, -0.1) is 0 Å². The van der Waals surface area contributed by atoms with Crippen molar-refractivity contribution in [2.24, 2.45) is 17.8 Å². The van der Waals surface area contributed by atoms with Gasteiger partial charge in [-0.2, -0.15) is 5.26 Å². The normalized spacial score (nSPS) is 47.0. The lowest BCUT2D eigenvalue weighted by Gasteiger charge is -2.59. The monoisotopic (exact) mass is 260 g/mol. The average Bonchev–Trinajstić information content (AvgIpc) is 2.37. The predicted molar refractivity (Wildman–Crippen MR) is 72.4 cm³/mol. The Hall–Kier alpha value is -0.590. The van der Waals surface area contributed by atoms with Crippen molar-refractivity contribution in [3.8, 4) is 6.07 Å². The first-order chi connectivity index (χ1) is 9.21. The van der Waals surface area contributed by atoms with Crippen LogP contribution in [0.4, 0.5) is 0 Å². The first kappa shape index (κ1) is 12.2. The number of hydrogen-bond acceptors (Lipinski definition) is 3. The van der Waals surface area contributed by atoms with Crippen molar-refractivity contribution in [3.63, 3.8) is 0 Å². The Morgan fingerprint density at radius 3 is 1.95 bits per heavy atom. The molecule has 4 aliphatic carbocycles. The smallest absolute Gasteiger partial charge is 0.111 e. The molecule has 1 aliphatic heterocycles. The van der Waals surface area contributed by atoms with Crippen LogP contribution < -0.4 is 5.32 Å². The maximum atomic E-state index is 9.68. The van der Waals surface area contributed by atoms with E-state index in [1.807, 2.05) is 0 Å². The van der Waals surface area contributed by atoms with E-state index in [1.165, 1.54) is 38.5 Å². The van der Waals surface area contributed by atoms with Crippen LogP contribution in [-0.4, -0.2) is 24.3 Å². The van der Waals surface area contributed by atoms with Gasteiger partial charge in [-0.3, -0.25) is 5.32 Å². The Balaban J connectivity index is 1.57. The van der Waals surface area contributed by atoms with Crippen LogP contribution in [0.15, 0.2) is 0 Å². The van der Waals surface area contributed by atoms with Gasteiger partial charge in [-0.25, -0.2) is 0 Å². The first-order valence-corrected chi connectivity index (χ1v) is 7.99. The van der Waals surface area contributed by atoms with Crippen LogP contribution in [0.2, 0.25) is 0 Å². The predicted octanol–water partition coefficient (Wildman–Crippen LogP) is 2.62. The maximum absolute atomic E-state index is 9.68. The average molecular weight is 260 g/mol. The van der Waals surface area contributed by atoms with E-state index in [2.05, 4.69) is 11.4 Å². The molecule has 1 N–H and O–H groups in total.